The van der Waals surface area contributed by atoms with Gasteiger partial charge in [-0.1, -0.05) is 69.3 Å². The molecule has 2 N–H and O–H groups in total. The molecule has 0 saturated heterocycles. The minimum absolute atomic E-state index is 0.0306. The number of carbonyl (C=O) groups is 2. The number of nitrogens with zero attached hydrogens (tertiary/aromatic N) is 1. The maximum atomic E-state index is 13.2. The number of ether oxygens (including phenoxy) is 1. The van der Waals surface area contributed by atoms with Gasteiger partial charge in [-0.15, -0.1) is 0 Å². The van der Waals surface area contributed by atoms with Gasteiger partial charge in [-0.3, -0.25) is 19.7 Å². The van der Waals surface area contributed by atoms with Crippen molar-refractivity contribution in [1.82, 2.24) is 0 Å². The topological polar surface area (TPSA) is 111 Å². The van der Waals surface area contributed by atoms with Crippen molar-refractivity contribution in [2.75, 3.05) is 10.6 Å². The molecule has 0 aromatic heterocycles. The second kappa shape index (κ2) is 11.6. The summed E-state index contributed by atoms with van der Waals surface area (Å²) < 4.78 is 5.83. The molecular weight excluding hydrogens is 494 g/mol. The molecule has 0 heterocycles. The Balaban J connectivity index is 1.52. The largest absolute Gasteiger partial charge is 0.489 e. The fourth-order valence-corrected chi connectivity index (χ4v) is 3.87. The Morgan fingerprint density at radius 1 is 0.821 bits per heavy atom. The zero-order valence-electron chi connectivity index (χ0n) is 21.9. The molecule has 0 aliphatic rings. The summed E-state index contributed by atoms with van der Waals surface area (Å²) in [5, 5.41) is 16.8. The molecule has 0 fully saturated rings. The van der Waals surface area contributed by atoms with Gasteiger partial charge in [0.15, 0.2) is 0 Å². The summed E-state index contributed by atoms with van der Waals surface area (Å²) in [6.45, 7) is 6.58. The van der Waals surface area contributed by atoms with Crippen LogP contribution in [-0.2, 0) is 12.0 Å². The van der Waals surface area contributed by atoms with Crippen LogP contribution >= 0.6 is 0 Å². The number of non-ortho nitro benzene ring substituents is 1. The van der Waals surface area contributed by atoms with Crippen LogP contribution in [0.15, 0.2) is 97.1 Å². The van der Waals surface area contributed by atoms with E-state index in [-0.39, 0.29) is 22.4 Å². The molecular formula is C31H29N3O5. The van der Waals surface area contributed by atoms with Crippen LogP contribution in [0.1, 0.15) is 52.6 Å². The van der Waals surface area contributed by atoms with E-state index in [0.29, 0.717) is 23.6 Å². The van der Waals surface area contributed by atoms with Crippen LogP contribution < -0.4 is 15.4 Å². The third kappa shape index (κ3) is 7.07. The lowest BCUT2D eigenvalue weighted by Gasteiger charge is -2.19. The van der Waals surface area contributed by atoms with Gasteiger partial charge in [0.25, 0.3) is 17.5 Å². The standard InChI is InChI=1S/C31H29N3O5/c1-31(2,3)23-14-12-22(13-15-23)29(35)33-28-19-25(34(37)38)16-17-27(28)30(36)32-24-10-7-11-26(18-24)39-20-21-8-5-4-6-9-21/h4-19H,20H2,1-3H3,(H,32,36)(H,33,35). The third-order valence-corrected chi connectivity index (χ3v) is 6.06. The van der Waals surface area contributed by atoms with E-state index in [1.165, 1.54) is 18.2 Å². The fraction of sp³-hybridized carbons (Fsp3) is 0.161. The van der Waals surface area contributed by atoms with E-state index in [0.717, 1.165) is 11.1 Å². The Kier molecular flexibility index (Phi) is 8.05. The van der Waals surface area contributed by atoms with Gasteiger partial charge >= 0.3 is 0 Å². The van der Waals surface area contributed by atoms with Crippen molar-refractivity contribution in [3.8, 4) is 5.75 Å². The average molecular weight is 524 g/mol. The lowest BCUT2D eigenvalue weighted by Crippen LogP contribution is -2.19. The summed E-state index contributed by atoms with van der Waals surface area (Å²) in [6.07, 6.45) is 0. The van der Waals surface area contributed by atoms with Gasteiger partial charge in [0.1, 0.15) is 12.4 Å². The molecule has 8 heteroatoms. The number of nitro benzene ring substituents is 1. The van der Waals surface area contributed by atoms with E-state index in [1.807, 2.05) is 42.5 Å². The van der Waals surface area contributed by atoms with E-state index in [4.69, 9.17) is 4.74 Å². The van der Waals surface area contributed by atoms with Crippen molar-refractivity contribution >= 4 is 28.9 Å². The summed E-state index contributed by atoms with van der Waals surface area (Å²) in [6, 6.07) is 27.4. The monoisotopic (exact) mass is 523 g/mol. The van der Waals surface area contributed by atoms with E-state index in [9.17, 15) is 19.7 Å². The first-order chi connectivity index (χ1) is 18.6. The minimum atomic E-state index is -0.580. The zero-order valence-corrected chi connectivity index (χ0v) is 21.9. The normalized spacial score (nSPS) is 10.9. The molecule has 0 saturated carbocycles. The SMILES string of the molecule is CC(C)(C)c1ccc(C(=O)Nc2cc([N+](=O)[O-])ccc2C(=O)Nc2cccc(OCc3ccccc3)c2)cc1. The number of carbonyl (C=O) groups excluding carboxylic acids is 2. The minimum Gasteiger partial charge on any atom is -0.489 e. The molecule has 198 valence electrons. The highest BCUT2D eigenvalue weighted by molar-refractivity contribution is 6.12. The Bertz CT molecular complexity index is 1490. The van der Waals surface area contributed by atoms with Crippen LogP contribution in [0.25, 0.3) is 0 Å². The van der Waals surface area contributed by atoms with Crippen LogP contribution in [0.5, 0.6) is 5.75 Å². The number of hydrogen-bond acceptors (Lipinski definition) is 5. The van der Waals surface area contributed by atoms with E-state index in [1.54, 1.807) is 36.4 Å². The Morgan fingerprint density at radius 3 is 2.21 bits per heavy atom. The molecule has 0 spiro atoms. The first kappa shape index (κ1) is 27.1. The summed E-state index contributed by atoms with van der Waals surface area (Å²) in [4.78, 5) is 37.0. The maximum absolute atomic E-state index is 13.2. The van der Waals surface area contributed by atoms with Gasteiger partial charge in [0, 0.05) is 29.4 Å². The summed E-state index contributed by atoms with van der Waals surface area (Å²) in [5.41, 5.74) is 2.68. The molecule has 2 amide bonds. The molecule has 8 nitrogen and oxygen atoms in total. The van der Waals surface area contributed by atoms with Gasteiger partial charge in [-0.2, -0.15) is 0 Å². The molecule has 0 radical (unpaired) electrons. The van der Waals surface area contributed by atoms with Crippen molar-refractivity contribution in [3.63, 3.8) is 0 Å². The van der Waals surface area contributed by atoms with Crippen molar-refractivity contribution < 1.29 is 19.2 Å². The molecule has 4 rings (SSSR count). The second-order valence-electron chi connectivity index (χ2n) is 10.0. The quantitative estimate of drug-likeness (QED) is 0.191. The summed E-state index contributed by atoms with van der Waals surface area (Å²) in [5.74, 6) is -0.461. The number of anilines is 2. The third-order valence-electron chi connectivity index (χ3n) is 6.06. The van der Waals surface area contributed by atoms with Gasteiger partial charge < -0.3 is 15.4 Å². The molecule has 0 bridgehead atoms. The highest BCUT2D eigenvalue weighted by atomic mass is 16.6. The van der Waals surface area contributed by atoms with Gasteiger partial charge in [-0.05, 0) is 46.9 Å². The second-order valence-corrected chi connectivity index (χ2v) is 10.0. The Labute approximate surface area is 226 Å². The van der Waals surface area contributed by atoms with Crippen molar-refractivity contribution in [3.05, 3.63) is 129 Å². The van der Waals surface area contributed by atoms with Crippen molar-refractivity contribution in [2.45, 2.75) is 32.8 Å². The Hall–Kier alpha value is -4.98. The van der Waals surface area contributed by atoms with E-state index in [2.05, 4.69) is 31.4 Å². The number of benzene rings is 4. The van der Waals surface area contributed by atoms with Crippen LogP contribution in [0.4, 0.5) is 17.1 Å². The number of rotatable bonds is 8. The highest BCUT2D eigenvalue weighted by Gasteiger charge is 2.20. The van der Waals surface area contributed by atoms with Crippen LogP contribution in [-0.4, -0.2) is 16.7 Å². The van der Waals surface area contributed by atoms with Gasteiger partial charge in [-0.25, -0.2) is 0 Å². The molecule has 4 aromatic carbocycles. The maximum Gasteiger partial charge on any atom is 0.271 e. The molecule has 4 aromatic rings. The van der Waals surface area contributed by atoms with Gasteiger partial charge in [0.2, 0.25) is 0 Å². The number of nitrogens with one attached hydrogen (secondary N) is 2. The first-order valence-corrected chi connectivity index (χ1v) is 12.4. The predicted octanol–water partition coefficient (Wildman–Crippen LogP) is 6.98. The summed E-state index contributed by atoms with van der Waals surface area (Å²) in [7, 11) is 0. The zero-order chi connectivity index (χ0) is 28.0. The van der Waals surface area contributed by atoms with Crippen LogP contribution in [0.2, 0.25) is 0 Å². The molecule has 0 atom stereocenters. The highest BCUT2D eigenvalue weighted by Crippen LogP contribution is 2.27. The van der Waals surface area contributed by atoms with E-state index < -0.39 is 16.7 Å². The lowest BCUT2D eigenvalue weighted by atomic mass is 9.86. The number of nitro groups is 1. The summed E-state index contributed by atoms with van der Waals surface area (Å²) >= 11 is 0. The number of hydrogen-bond donors (Lipinski definition) is 2. The first-order valence-electron chi connectivity index (χ1n) is 12.4. The molecule has 39 heavy (non-hydrogen) atoms. The Morgan fingerprint density at radius 2 is 1.54 bits per heavy atom. The average Bonchev–Trinajstić information content (AvgIpc) is 2.92. The smallest absolute Gasteiger partial charge is 0.271 e. The predicted molar refractivity (Wildman–Crippen MR) is 151 cm³/mol. The van der Waals surface area contributed by atoms with E-state index >= 15 is 0 Å². The van der Waals surface area contributed by atoms with Crippen molar-refractivity contribution in [1.29, 1.82) is 0 Å². The fourth-order valence-electron chi connectivity index (χ4n) is 3.87. The molecule has 0 aliphatic heterocycles. The van der Waals surface area contributed by atoms with Crippen LogP contribution in [0, 0.1) is 10.1 Å². The van der Waals surface area contributed by atoms with Crippen LogP contribution in [0.3, 0.4) is 0 Å². The van der Waals surface area contributed by atoms with Gasteiger partial charge in [0.05, 0.1) is 16.2 Å². The molecule has 0 unspecified atom stereocenters. The van der Waals surface area contributed by atoms with Crippen molar-refractivity contribution in [2.24, 2.45) is 0 Å². The molecule has 0 aliphatic carbocycles. The lowest BCUT2D eigenvalue weighted by molar-refractivity contribution is -0.384. The number of amides is 2.